The van der Waals surface area contributed by atoms with Crippen molar-refractivity contribution in [2.24, 2.45) is 5.11 Å². The Balaban J connectivity index is 3.78. The molecule has 0 fully saturated rings. The molecule has 5 nitrogen and oxygen atoms in total. The average Bonchev–Trinajstić information content (AvgIpc) is 2.62. The van der Waals surface area contributed by atoms with Crippen LogP contribution in [0.2, 0.25) is 0 Å². The summed E-state index contributed by atoms with van der Waals surface area (Å²) >= 11 is 2.46. The van der Waals surface area contributed by atoms with Gasteiger partial charge < -0.3 is 4.74 Å². The van der Waals surface area contributed by atoms with Gasteiger partial charge in [-0.05, 0) is 24.8 Å². The van der Waals surface area contributed by atoms with E-state index < -0.39 is 0 Å². The van der Waals surface area contributed by atoms with E-state index in [1.165, 1.54) is 45.6 Å². The molecule has 6 heteroatoms. The van der Waals surface area contributed by atoms with E-state index in [2.05, 4.69) is 44.3 Å². The Hall–Kier alpha value is -0.490. The summed E-state index contributed by atoms with van der Waals surface area (Å²) in [6, 6.07) is 0.122. The molecule has 25 heavy (non-hydrogen) atoms. The van der Waals surface area contributed by atoms with Crippen molar-refractivity contribution >= 4 is 28.6 Å². The van der Waals surface area contributed by atoms with Crippen LogP contribution in [0.1, 0.15) is 96.8 Å². The van der Waals surface area contributed by atoms with Gasteiger partial charge in [-0.3, -0.25) is 4.79 Å². The topological polar surface area (TPSA) is 75.1 Å². The molecule has 0 spiro atoms. The lowest BCUT2D eigenvalue weighted by Crippen LogP contribution is -2.18. The van der Waals surface area contributed by atoms with Crippen molar-refractivity contribution in [3.8, 4) is 0 Å². The van der Waals surface area contributed by atoms with Gasteiger partial charge in [0, 0.05) is 21.3 Å². The number of ether oxygens (including phenoxy) is 1. The molecule has 0 saturated heterocycles. The molecule has 2 atom stereocenters. The highest BCUT2D eigenvalue weighted by atomic mass is 127. The van der Waals surface area contributed by atoms with Crippen molar-refractivity contribution in [1.82, 2.24) is 0 Å². The van der Waals surface area contributed by atoms with Gasteiger partial charge in [0.15, 0.2) is 0 Å². The van der Waals surface area contributed by atoms with E-state index in [0.717, 1.165) is 44.9 Å². The van der Waals surface area contributed by atoms with Crippen LogP contribution in [-0.4, -0.2) is 23.0 Å². The van der Waals surface area contributed by atoms with Crippen LogP contribution in [0.4, 0.5) is 0 Å². The lowest BCUT2D eigenvalue weighted by atomic mass is 10.0. The predicted octanol–water partition coefficient (Wildman–Crippen LogP) is 7.12. The first kappa shape index (κ1) is 24.5. The Morgan fingerprint density at radius 3 is 2.16 bits per heavy atom. The van der Waals surface area contributed by atoms with Crippen molar-refractivity contribution in [3.63, 3.8) is 0 Å². The number of methoxy groups -OCH3 is 1. The number of nitrogens with zero attached hydrogens (tertiary/aromatic N) is 3. The minimum Gasteiger partial charge on any atom is -0.469 e. The fourth-order valence-corrected chi connectivity index (χ4v) is 3.89. The van der Waals surface area contributed by atoms with E-state index in [-0.39, 0.29) is 12.0 Å². The summed E-state index contributed by atoms with van der Waals surface area (Å²) in [6.07, 6.45) is 15.8. The molecule has 0 aromatic heterocycles. The van der Waals surface area contributed by atoms with Gasteiger partial charge in [-0.2, -0.15) is 0 Å². The van der Waals surface area contributed by atoms with Crippen LogP contribution in [0.3, 0.4) is 0 Å². The summed E-state index contributed by atoms with van der Waals surface area (Å²) in [5.41, 5.74) is 8.81. The summed E-state index contributed by atoms with van der Waals surface area (Å²) in [5, 5.41) is 4.03. The predicted molar refractivity (Wildman–Crippen MR) is 113 cm³/mol. The standard InChI is InChI=1S/C19H36IN3O2/c1-3-4-5-6-8-11-14-17(20)18(22-23-21)15-12-9-7-10-13-16-19(24)25-2/h17-18H,3-16H2,1-2H3. The van der Waals surface area contributed by atoms with E-state index in [1.807, 2.05) is 0 Å². The quantitative estimate of drug-likeness (QED) is 0.0436. The van der Waals surface area contributed by atoms with Crippen LogP contribution in [0, 0.1) is 0 Å². The van der Waals surface area contributed by atoms with Crippen molar-refractivity contribution in [2.75, 3.05) is 7.11 Å². The summed E-state index contributed by atoms with van der Waals surface area (Å²) in [7, 11) is 1.43. The molecule has 2 unspecified atom stereocenters. The number of halogens is 1. The molecule has 0 heterocycles. The number of unbranched alkanes of at least 4 members (excludes halogenated alkanes) is 9. The SMILES string of the molecule is CCCCCCCCC(I)C(CCCCCCCC(=O)OC)N=[N+]=[N-]. The summed E-state index contributed by atoms with van der Waals surface area (Å²) < 4.78 is 5.08. The van der Waals surface area contributed by atoms with Crippen molar-refractivity contribution in [2.45, 2.75) is 107 Å². The maximum Gasteiger partial charge on any atom is 0.305 e. The number of rotatable bonds is 17. The third-order valence-electron chi connectivity index (χ3n) is 4.56. The van der Waals surface area contributed by atoms with E-state index in [0.29, 0.717) is 10.3 Å². The van der Waals surface area contributed by atoms with Crippen LogP contribution >= 0.6 is 22.6 Å². The molecular weight excluding hydrogens is 429 g/mol. The van der Waals surface area contributed by atoms with Crippen LogP contribution in [0.5, 0.6) is 0 Å². The van der Waals surface area contributed by atoms with Gasteiger partial charge in [-0.25, -0.2) is 0 Å². The second-order valence-electron chi connectivity index (χ2n) is 6.73. The minimum absolute atomic E-state index is 0.120. The third kappa shape index (κ3) is 15.5. The average molecular weight is 465 g/mol. The molecule has 0 aliphatic rings. The van der Waals surface area contributed by atoms with E-state index in [1.54, 1.807) is 0 Å². The van der Waals surface area contributed by atoms with Crippen LogP contribution < -0.4 is 0 Å². The minimum atomic E-state index is -0.120. The zero-order chi connectivity index (χ0) is 18.8. The molecule has 146 valence electrons. The molecule has 0 bridgehead atoms. The van der Waals surface area contributed by atoms with Crippen molar-refractivity contribution in [3.05, 3.63) is 10.4 Å². The fraction of sp³-hybridized carbons (Fsp3) is 0.947. The Bertz CT molecular complexity index is 374. The van der Waals surface area contributed by atoms with Crippen molar-refractivity contribution < 1.29 is 9.53 Å². The molecule has 0 radical (unpaired) electrons. The van der Waals surface area contributed by atoms with Gasteiger partial charge >= 0.3 is 5.97 Å². The van der Waals surface area contributed by atoms with Gasteiger partial charge in [0.05, 0.1) is 7.11 Å². The van der Waals surface area contributed by atoms with Gasteiger partial charge in [0.2, 0.25) is 0 Å². The van der Waals surface area contributed by atoms with E-state index >= 15 is 0 Å². The summed E-state index contributed by atoms with van der Waals surface area (Å²) in [4.78, 5) is 14.1. The number of hydrogen-bond donors (Lipinski definition) is 0. The first-order chi connectivity index (χ1) is 12.2. The molecule has 0 amide bonds. The summed E-state index contributed by atoms with van der Waals surface area (Å²) in [6.45, 7) is 2.24. The molecule has 0 aromatic carbocycles. The molecule has 0 N–H and O–H groups in total. The number of alkyl halides is 1. The molecular formula is C19H36IN3O2. The van der Waals surface area contributed by atoms with Crippen LogP contribution in [0.25, 0.3) is 10.4 Å². The lowest BCUT2D eigenvalue weighted by Gasteiger charge is -2.18. The lowest BCUT2D eigenvalue weighted by molar-refractivity contribution is -0.140. The zero-order valence-corrected chi connectivity index (χ0v) is 18.2. The zero-order valence-electron chi connectivity index (χ0n) is 16.1. The first-order valence-electron chi connectivity index (χ1n) is 9.90. The second kappa shape index (κ2) is 18.3. The third-order valence-corrected chi connectivity index (χ3v) is 6.01. The number of esters is 1. The fourth-order valence-electron chi connectivity index (χ4n) is 2.94. The Morgan fingerprint density at radius 1 is 1.00 bits per heavy atom. The van der Waals surface area contributed by atoms with Gasteiger partial charge in [0.1, 0.15) is 0 Å². The van der Waals surface area contributed by atoms with E-state index in [4.69, 9.17) is 5.53 Å². The maximum atomic E-state index is 11.0. The highest BCUT2D eigenvalue weighted by molar-refractivity contribution is 14.1. The Morgan fingerprint density at radius 2 is 1.56 bits per heavy atom. The Labute approximate surface area is 167 Å². The highest BCUT2D eigenvalue weighted by Crippen LogP contribution is 2.23. The summed E-state index contributed by atoms with van der Waals surface area (Å²) in [5.74, 6) is -0.120. The normalized spacial score (nSPS) is 13.1. The van der Waals surface area contributed by atoms with Crippen molar-refractivity contribution in [1.29, 1.82) is 0 Å². The molecule has 0 saturated carbocycles. The number of carbonyl (C=O) groups is 1. The number of carbonyl (C=O) groups excluding carboxylic acids is 1. The molecule has 0 rings (SSSR count). The number of hydrogen-bond acceptors (Lipinski definition) is 3. The highest BCUT2D eigenvalue weighted by Gasteiger charge is 2.16. The second-order valence-corrected chi connectivity index (χ2v) is 8.33. The largest absolute Gasteiger partial charge is 0.469 e. The number of azide groups is 1. The maximum absolute atomic E-state index is 11.0. The molecule has 0 aliphatic carbocycles. The Kier molecular flexibility index (Phi) is 17.9. The first-order valence-corrected chi connectivity index (χ1v) is 11.1. The van der Waals surface area contributed by atoms with Gasteiger partial charge in [-0.15, -0.1) is 0 Å². The smallest absolute Gasteiger partial charge is 0.305 e. The van der Waals surface area contributed by atoms with Gasteiger partial charge in [0.25, 0.3) is 0 Å². The van der Waals surface area contributed by atoms with Gasteiger partial charge in [-0.1, -0.05) is 98.8 Å². The monoisotopic (exact) mass is 465 g/mol. The van der Waals surface area contributed by atoms with Crippen LogP contribution in [-0.2, 0) is 9.53 Å². The van der Waals surface area contributed by atoms with Crippen LogP contribution in [0.15, 0.2) is 5.11 Å². The molecule has 0 aromatic rings. The molecule has 0 aliphatic heterocycles. The van der Waals surface area contributed by atoms with E-state index in [9.17, 15) is 4.79 Å².